The first-order chi connectivity index (χ1) is 33.5. The van der Waals surface area contributed by atoms with E-state index in [0.717, 1.165) is 74.2 Å². The molecule has 0 unspecified atom stereocenters. The molecule has 0 bridgehead atoms. The average Bonchev–Trinajstić information content (AvgIpc) is 3.38. The van der Waals surface area contributed by atoms with Gasteiger partial charge in [-0.1, -0.05) is 96.9 Å². The molecule has 0 amide bonds. The summed E-state index contributed by atoms with van der Waals surface area (Å²) in [6.07, 6.45) is 21.3. The Bertz CT molecular complexity index is 1660. The Balaban J connectivity index is -0.000000127. The van der Waals surface area contributed by atoms with Gasteiger partial charge in [-0.3, -0.25) is 34.9 Å². The molecule has 0 fully saturated rings. The van der Waals surface area contributed by atoms with E-state index < -0.39 is 0 Å². The summed E-state index contributed by atoms with van der Waals surface area (Å²) in [5.41, 5.74) is 11.4. The van der Waals surface area contributed by atoms with E-state index in [2.05, 4.69) is 77.8 Å². The first kappa shape index (κ1) is 77.8. The van der Waals surface area contributed by atoms with Crippen LogP contribution in [0, 0.1) is 96.9 Å². The molecule has 0 aliphatic heterocycles. The molecule has 0 aliphatic carbocycles. The highest BCUT2D eigenvalue weighted by Gasteiger charge is 1.87. The fraction of sp³-hybridized carbons (Fsp3) is 0.491. The summed E-state index contributed by atoms with van der Waals surface area (Å²) in [5, 5.41) is 0. The van der Waals surface area contributed by atoms with E-state index >= 15 is 0 Å². The Morgan fingerprint density at radius 2 is 0.543 bits per heavy atom. The van der Waals surface area contributed by atoms with Gasteiger partial charge in [0.05, 0.1) is 34.2 Å². The molecule has 0 saturated heterocycles. The molecule has 0 saturated carbocycles. The highest BCUT2D eigenvalue weighted by molar-refractivity contribution is 5.12. The SMILES string of the molecule is CC.CC.CC.CC.CC.CC.CC.Cc1ccnc(C)c1.Cc1ccnc(C)n1.Cc1cnc(C)cn1.Cc1cnc(C)cn1.Cc1cnc(C)nc1.Cc1cnc(C)nc1.Cc1cncc(C)n1. The minimum absolute atomic E-state index is 0.829. The van der Waals surface area contributed by atoms with Gasteiger partial charge in [0.2, 0.25) is 0 Å². The number of nitrogens with zero attached hydrogens (tertiary/aromatic N) is 13. The molecule has 0 radical (unpaired) electrons. The third-order valence-corrected chi connectivity index (χ3v) is 6.48. The van der Waals surface area contributed by atoms with Crippen molar-refractivity contribution in [3.8, 4) is 0 Å². The van der Waals surface area contributed by atoms with Crippen LogP contribution in [0.15, 0.2) is 92.6 Å². The molecule has 7 aromatic heterocycles. The molecular formula is C57H99N13. The molecule has 0 aliphatic rings. The van der Waals surface area contributed by atoms with E-state index in [4.69, 9.17) is 0 Å². The quantitative estimate of drug-likeness (QED) is 0.141. The molecule has 0 atom stereocenters. The van der Waals surface area contributed by atoms with Crippen LogP contribution in [-0.4, -0.2) is 64.8 Å². The summed E-state index contributed by atoms with van der Waals surface area (Å²) in [6.45, 7) is 55.1. The normalized spacial score (nSPS) is 8.00. The number of rotatable bonds is 0. The third-order valence-electron chi connectivity index (χ3n) is 6.48. The first-order valence-corrected chi connectivity index (χ1v) is 24.9. The molecular weight excluding hydrogens is 867 g/mol. The Kier molecular flexibility index (Phi) is 65.3. The van der Waals surface area contributed by atoms with Crippen LogP contribution in [-0.2, 0) is 0 Å². The molecule has 13 nitrogen and oxygen atoms in total. The van der Waals surface area contributed by atoms with Gasteiger partial charge in [-0.2, -0.15) is 0 Å². The number of aromatic nitrogens is 13. The lowest BCUT2D eigenvalue weighted by Gasteiger charge is -1.90. The van der Waals surface area contributed by atoms with Gasteiger partial charge in [0.25, 0.3) is 0 Å². The van der Waals surface area contributed by atoms with Gasteiger partial charge in [0, 0.05) is 85.7 Å². The fourth-order valence-electron chi connectivity index (χ4n) is 3.68. The van der Waals surface area contributed by atoms with Gasteiger partial charge >= 0.3 is 0 Å². The van der Waals surface area contributed by atoms with E-state index in [9.17, 15) is 0 Å². The van der Waals surface area contributed by atoms with Gasteiger partial charge in [0.1, 0.15) is 17.5 Å². The minimum atomic E-state index is 0.829. The maximum Gasteiger partial charge on any atom is 0.125 e. The summed E-state index contributed by atoms with van der Waals surface area (Å²) in [4.78, 5) is 52.0. The summed E-state index contributed by atoms with van der Waals surface area (Å²) < 4.78 is 0. The first-order valence-electron chi connectivity index (χ1n) is 24.9. The molecule has 7 aromatic rings. The summed E-state index contributed by atoms with van der Waals surface area (Å²) >= 11 is 0. The van der Waals surface area contributed by atoms with Crippen LogP contribution in [0.3, 0.4) is 0 Å². The van der Waals surface area contributed by atoms with Gasteiger partial charge in [-0.25, -0.2) is 29.9 Å². The lowest BCUT2D eigenvalue weighted by molar-refractivity contribution is 1.01. The molecule has 7 heterocycles. The van der Waals surface area contributed by atoms with Gasteiger partial charge in [-0.05, 0) is 132 Å². The standard InChI is InChI=1S/C7H9N.6C6H8N2.7C2H6/c1-6-3-4-8-7(2)5-6;2*1-5-3-8-6(2)4-7-5;1-5-3-7-4-6(2)8-5;2*1-5-3-7-6(2)8-4-5;1-5-3-4-7-6(2)8-5;7*1-2/h3-5H,1-2H3;6*3-4H,1-2H3;7*1-2H3. The summed E-state index contributed by atoms with van der Waals surface area (Å²) in [6, 6.07) is 5.93. The van der Waals surface area contributed by atoms with Crippen LogP contribution in [0.2, 0.25) is 0 Å². The topological polar surface area (TPSA) is 168 Å². The Morgan fingerprint density at radius 1 is 0.229 bits per heavy atom. The maximum absolute atomic E-state index is 4.11. The van der Waals surface area contributed by atoms with Crippen molar-refractivity contribution in [1.82, 2.24) is 64.8 Å². The Morgan fingerprint density at radius 3 is 0.729 bits per heavy atom. The van der Waals surface area contributed by atoms with Crippen molar-refractivity contribution in [1.29, 1.82) is 0 Å². The summed E-state index contributed by atoms with van der Waals surface area (Å²) in [7, 11) is 0. The number of hydrogen-bond donors (Lipinski definition) is 0. The number of aryl methyl sites for hydroxylation is 14. The second kappa shape index (κ2) is 58.8. The van der Waals surface area contributed by atoms with Crippen LogP contribution in [0.4, 0.5) is 0 Å². The van der Waals surface area contributed by atoms with Crippen LogP contribution in [0.5, 0.6) is 0 Å². The highest BCUT2D eigenvalue weighted by atomic mass is 14.9. The van der Waals surface area contributed by atoms with E-state index in [-0.39, 0.29) is 0 Å². The van der Waals surface area contributed by atoms with Crippen molar-refractivity contribution in [2.75, 3.05) is 0 Å². The van der Waals surface area contributed by atoms with E-state index in [1.807, 2.05) is 230 Å². The van der Waals surface area contributed by atoms with E-state index in [1.165, 1.54) is 5.56 Å². The van der Waals surface area contributed by atoms with E-state index in [0.29, 0.717) is 0 Å². The molecule has 13 heteroatoms. The second-order valence-corrected chi connectivity index (χ2v) is 12.7. The zero-order valence-electron chi connectivity index (χ0n) is 49.5. The van der Waals surface area contributed by atoms with Gasteiger partial charge < -0.3 is 0 Å². The van der Waals surface area contributed by atoms with Crippen molar-refractivity contribution in [3.05, 3.63) is 172 Å². The maximum atomic E-state index is 4.11. The van der Waals surface area contributed by atoms with Gasteiger partial charge in [-0.15, -0.1) is 0 Å². The second-order valence-electron chi connectivity index (χ2n) is 12.7. The van der Waals surface area contributed by atoms with E-state index in [1.54, 1.807) is 43.4 Å². The predicted octanol–water partition coefficient (Wildman–Crippen LogP) is 15.4. The smallest absolute Gasteiger partial charge is 0.125 e. The molecule has 7 rings (SSSR count). The summed E-state index contributed by atoms with van der Waals surface area (Å²) in [5.74, 6) is 2.50. The van der Waals surface area contributed by atoms with Crippen LogP contribution < -0.4 is 0 Å². The monoisotopic (exact) mass is 966 g/mol. The van der Waals surface area contributed by atoms with Crippen molar-refractivity contribution in [2.45, 2.75) is 194 Å². The average molecular weight is 967 g/mol. The molecule has 0 aromatic carbocycles. The molecule has 392 valence electrons. The predicted molar refractivity (Wildman–Crippen MR) is 302 cm³/mol. The van der Waals surface area contributed by atoms with Crippen molar-refractivity contribution in [2.24, 2.45) is 0 Å². The number of hydrogen-bond acceptors (Lipinski definition) is 13. The minimum Gasteiger partial charge on any atom is -0.262 e. The van der Waals surface area contributed by atoms with Crippen LogP contribution in [0.1, 0.15) is 177 Å². The zero-order valence-corrected chi connectivity index (χ0v) is 49.5. The van der Waals surface area contributed by atoms with Crippen molar-refractivity contribution in [3.63, 3.8) is 0 Å². The highest BCUT2D eigenvalue weighted by Crippen LogP contribution is 1.96. The lowest BCUT2D eigenvalue weighted by Crippen LogP contribution is -1.86. The Labute approximate surface area is 429 Å². The van der Waals surface area contributed by atoms with Crippen LogP contribution >= 0.6 is 0 Å². The Hall–Kier alpha value is -6.37. The fourth-order valence-corrected chi connectivity index (χ4v) is 3.68. The third kappa shape index (κ3) is 56.0. The van der Waals surface area contributed by atoms with Crippen molar-refractivity contribution < 1.29 is 0 Å². The van der Waals surface area contributed by atoms with Crippen molar-refractivity contribution >= 4 is 0 Å². The molecule has 0 N–H and O–H groups in total. The van der Waals surface area contributed by atoms with Crippen LogP contribution in [0.25, 0.3) is 0 Å². The largest absolute Gasteiger partial charge is 0.262 e. The van der Waals surface area contributed by atoms with Gasteiger partial charge in [0.15, 0.2) is 0 Å². The molecule has 70 heavy (non-hydrogen) atoms. The lowest BCUT2D eigenvalue weighted by atomic mass is 10.3. The number of pyridine rings is 1. The zero-order chi connectivity index (χ0) is 55.9. The molecule has 0 spiro atoms.